The minimum Gasteiger partial charge on any atom is -0.393 e. The van der Waals surface area contributed by atoms with E-state index in [4.69, 9.17) is 15.2 Å². The summed E-state index contributed by atoms with van der Waals surface area (Å²) in [5.41, 5.74) is 6.65. The fraction of sp³-hybridized carbons (Fsp3) is 1.00. The van der Waals surface area contributed by atoms with E-state index in [-0.39, 0.29) is 12.2 Å². The summed E-state index contributed by atoms with van der Waals surface area (Å²) in [6, 6.07) is 0. The van der Waals surface area contributed by atoms with Crippen molar-refractivity contribution < 1.29 is 19.7 Å². The molecule has 0 amide bonds. The molecule has 0 aliphatic heterocycles. The van der Waals surface area contributed by atoms with Crippen molar-refractivity contribution in [2.45, 2.75) is 193 Å². The molecule has 0 aromatic rings. The largest absolute Gasteiger partial charge is 0.393 e. The number of unbranched alkanes of at least 4 members (excludes halogenated alkanes) is 14. The summed E-state index contributed by atoms with van der Waals surface area (Å²) in [4.78, 5) is 0. The second kappa shape index (κ2) is 23.0. The molecule has 5 nitrogen and oxygen atoms in total. The molecule has 0 bridgehead atoms. The molecule has 0 saturated heterocycles. The van der Waals surface area contributed by atoms with Crippen molar-refractivity contribution in [2.75, 3.05) is 0 Å². The summed E-state index contributed by atoms with van der Waals surface area (Å²) in [7, 11) is 0. The Kier molecular flexibility index (Phi) is 22.8. The molecular weight excluding hydrogens is 438 g/mol. The molecule has 4 N–H and O–H groups in total. The standard InChI is InChI=1S/C30H63NO4/c1-6-9-10-11-12-13-14-15-16-17-18-19-20-21-22-23-30(31,34-28(7-2)24-26(4)32)35-29(8-3)25-27(5)33/h26-29,32-33H,6-25,31H2,1-5H3. The van der Waals surface area contributed by atoms with Gasteiger partial charge in [-0.05, 0) is 46.0 Å². The number of ether oxygens (including phenoxy) is 2. The van der Waals surface area contributed by atoms with Gasteiger partial charge in [-0.3, -0.25) is 5.73 Å². The minimum atomic E-state index is -1.17. The SMILES string of the molecule is CCCCCCCCCCCCCCCCCC(N)(OC(CC)CC(C)O)OC(CC)CC(C)O. The van der Waals surface area contributed by atoms with Crippen molar-refractivity contribution in [2.24, 2.45) is 5.73 Å². The zero-order chi connectivity index (χ0) is 26.4. The van der Waals surface area contributed by atoms with Crippen LogP contribution in [0.1, 0.15) is 163 Å². The van der Waals surface area contributed by atoms with Crippen LogP contribution in [-0.4, -0.2) is 40.5 Å². The van der Waals surface area contributed by atoms with Gasteiger partial charge in [-0.15, -0.1) is 0 Å². The van der Waals surface area contributed by atoms with E-state index in [1.807, 2.05) is 13.8 Å². The number of aliphatic hydroxyl groups excluding tert-OH is 2. The number of rotatable bonds is 26. The Bertz CT molecular complexity index is 424. The molecule has 5 heteroatoms. The molecule has 0 aromatic heterocycles. The lowest BCUT2D eigenvalue weighted by Crippen LogP contribution is -2.51. The lowest BCUT2D eigenvalue weighted by atomic mass is 10.0. The van der Waals surface area contributed by atoms with Crippen LogP contribution in [-0.2, 0) is 9.47 Å². The highest BCUT2D eigenvalue weighted by Crippen LogP contribution is 2.26. The van der Waals surface area contributed by atoms with Crippen LogP contribution in [0.5, 0.6) is 0 Å². The molecule has 212 valence electrons. The minimum absolute atomic E-state index is 0.139. The van der Waals surface area contributed by atoms with Crippen LogP contribution in [0.15, 0.2) is 0 Å². The van der Waals surface area contributed by atoms with Crippen LogP contribution in [0.4, 0.5) is 0 Å². The van der Waals surface area contributed by atoms with Gasteiger partial charge in [0, 0.05) is 6.42 Å². The van der Waals surface area contributed by atoms with Gasteiger partial charge in [0.15, 0.2) is 0 Å². The highest BCUT2D eigenvalue weighted by atomic mass is 16.7. The van der Waals surface area contributed by atoms with Gasteiger partial charge in [-0.2, -0.15) is 0 Å². The van der Waals surface area contributed by atoms with Crippen molar-refractivity contribution in [1.82, 2.24) is 0 Å². The first-order chi connectivity index (χ1) is 16.8. The number of hydrogen-bond acceptors (Lipinski definition) is 5. The van der Waals surface area contributed by atoms with Crippen molar-refractivity contribution in [3.05, 3.63) is 0 Å². The van der Waals surface area contributed by atoms with Gasteiger partial charge < -0.3 is 19.7 Å². The Morgan fingerprint density at radius 1 is 0.571 bits per heavy atom. The summed E-state index contributed by atoms with van der Waals surface area (Å²) in [5, 5.41) is 19.6. The summed E-state index contributed by atoms with van der Waals surface area (Å²) in [6.07, 6.45) is 22.0. The normalized spacial score (nSPS) is 17.1. The lowest BCUT2D eigenvalue weighted by molar-refractivity contribution is -0.285. The topological polar surface area (TPSA) is 84.9 Å². The van der Waals surface area contributed by atoms with Gasteiger partial charge in [-0.1, -0.05) is 111 Å². The molecule has 0 aromatic carbocycles. The highest BCUT2D eigenvalue weighted by molar-refractivity contribution is 4.72. The van der Waals surface area contributed by atoms with Crippen LogP contribution in [0, 0.1) is 0 Å². The smallest absolute Gasteiger partial charge is 0.225 e. The second-order valence-corrected chi connectivity index (χ2v) is 11.0. The van der Waals surface area contributed by atoms with Crippen LogP contribution < -0.4 is 5.73 Å². The molecule has 0 radical (unpaired) electrons. The van der Waals surface area contributed by atoms with E-state index >= 15 is 0 Å². The van der Waals surface area contributed by atoms with E-state index in [0.29, 0.717) is 19.3 Å². The van der Waals surface area contributed by atoms with Crippen LogP contribution >= 0.6 is 0 Å². The molecule has 35 heavy (non-hydrogen) atoms. The third kappa shape index (κ3) is 21.6. The van der Waals surface area contributed by atoms with Gasteiger partial charge in [-0.25, -0.2) is 0 Å². The third-order valence-electron chi connectivity index (χ3n) is 6.98. The maximum absolute atomic E-state index is 9.82. The summed E-state index contributed by atoms with van der Waals surface area (Å²) >= 11 is 0. The average Bonchev–Trinajstić information content (AvgIpc) is 2.80. The maximum atomic E-state index is 9.82. The van der Waals surface area contributed by atoms with Crippen molar-refractivity contribution in [3.63, 3.8) is 0 Å². The van der Waals surface area contributed by atoms with E-state index in [9.17, 15) is 10.2 Å². The molecule has 0 aliphatic rings. The molecular formula is C30H63NO4. The van der Waals surface area contributed by atoms with Crippen LogP contribution in [0.3, 0.4) is 0 Å². The zero-order valence-electron chi connectivity index (χ0n) is 24.2. The molecule has 0 aliphatic carbocycles. The molecule has 0 spiro atoms. The first-order valence-corrected chi connectivity index (χ1v) is 15.3. The van der Waals surface area contributed by atoms with Crippen LogP contribution in [0.2, 0.25) is 0 Å². The summed E-state index contributed by atoms with van der Waals surface area (Å²) < 4.78 is 12.5. The fourth-order valence-corrected chi connectivity index (χ4v) is 4.81. The van der Waals surface area contributed by atoms with Gasteiger partial charge >= 0.3 is 0 Å². The van der Waals surface area contributed by atoms with E-state index < -0.39 is 18.1 Å². The van der Waals surface area contributed by atoms with Gasteiger partial charge in [0.25, 0.3) is 0 Å². The van der Waals surface area contributed by atoms with Gasteiger partial charge in [0.2, 0.25) is 5.91 Å². The van der Waals surface area contributed by atoms with Crippen molar-refractivity contribution >= 4 is 0 Å². The molecule has 0 saturated carbocycles. The van der Waals surface area contributed by atoms with Gasteiger partial charge in [0.1, 0.15) is 0 Å². The Morgan fingerprint density at radius 3 is 1.17 bits per heavy atom. The predicted molar refractivity (Wildman–Crippen MR) is 149 cm³/mol. The summed E-state index contributed by atoms with van der Waals surface area (Å²) in [6.45, 7) is 9.94. The molecule has 0 fully saturated rings. The zero-order valence-corrected chi connectivity index (χ0v) is 24.2. The second-order valence-electron chi connectivity index (χ2n) is 11.0. The van der Waals surface area contributed by atoms with E-state index in [2.05, 4.69) is 6.92 Å². The van der Waals surface area contributed by atoms with Crippen LogP contribution in [0.25, 0.3) is 0 Å². The third-order valence-corrected chi connectivity index (χ3v) is 6.98. The highest BCUT2D eigenvalue weighted by Gasteiger charge is 2.33. The maximum Gasteiger partial charge on any atom is 0.225 e. The van der Waals surface area contributed by atoms with E-state index in [0.717, 1.165) is 25.7 Å². The predicted octanol–water partition coefficient (Wildman–Crippen LogP) is 7.99. The lowest BCUT2D eigenvalue weighted by Gasteiger charge is -2.37. The molecule has 0 heterocycles. The Morgan fingerprint density at radius 2 is 0.886 bits per heavy atom. The monoisotopic (exact) mass is 501 g/mol. The molecule has 4 unspecified atom stereocenters. The molecule has 4 atom stereocenters. The summed E-state index contributed by atoms with van der Waals surface area (Å²) in [5.74, 6) is -1.17. The number of aliphatic hydroxyl groups is 2. The number of hydrogen-bond donors (Lipinski definition) is 3. The van der Waals surface area contributed by atoms with Crippen molar-refractivity contribution in [3.8, 4) is 0 Å². The Balaban J connectivity index is 4.20. The first kappa shape index (κ1) is 34.8. The number of nitrogens with two attached hydrogens (primary N) is 1. The van der Waals surface area contributed by atoms with E-state index in [1.165, 1.54) is 83.5 Å². The van der Waals surface area contributed by atoms with E-state index in [1.54, 1.807) is 13.8 Å². The van der Waals surface area contributed by atoms with Crippen molar-refractivity contribution in [1.29, 1.82) is 0 Å². The Labute approximate surface area is 218 Å². The van der Waals surface area contributed by atoms with Gasteiger partial charge in [0.05, 0.1) is 24.4 Å². The average molecular weight is 502 g/mol. The molecule has 0 rings (SSSR count). The first-order valence-electron chi connectivity index (χ1n) is 15.3. The quantitative estimate of drug-likeness (QED) is 0.0826. The fourth-order valence-electron chi connectivity index (χ4n) is 4.81. The Hall–Kier alpha value is -0.200.